The van der Waals surface area contributed by atoms with Gasteiger partial charge in [-0.15, -0.1) is 0 Å². The molecule has 1 fully saturated rings. The predicted octanol–water partition coefficient (Wildman–Crippen LogP) is 2.54. The van der Waals surface area contributed by atoms with E-state index in [9.17, 15) is 18.4 Å². The number of benzene rings is 1. The van der Waals surface area contributed by atoms with E-state index < -0.39 is 18.3 Å². The number of carbonyl (C=O) groups excluding carboxylic acids is 1. The summed E-state index contributed by atoms with van der Waals surface area (Å²) in [5.74, 6) is -4.41. The Labute approximate surface area is 131 Å². The number of fused-ring (bicyclic) bond motifs is 1. The summed E-state index contributed by atoms with van der Waals surface area (Å²) < 4.78 is 28.7. The van der Waals surface area contributed by atoms with Crippen LogP contribution in [0.3, 0.4) is 0 Å². The van der Waals surface area contributed by atoms with Gasteiger partial charge in [0.1, 0.15) is 0 Å². The van der Waals surface area contributed by atoms with Crippen molar-refractivity contribution < 1.29 is 13.6 Å². The van der Waals surface area contributed by atoms with Crippen LogP contribution in [0.15, 0.2) is 29.1 Å². The maximum Gasteiger partial charge on any atom is 0.326 e. The summed E-state index contributed by atoms with van der Waals surface area (Å²) in [5, 5.41) is 0. The van der Waals surface area contributed by atoms with Crippen LogP contribution in [-0.4, -0.2) is 39.4 Å². The molecule has 3 rings (SSSR count). The molecule has 124 valence electrons. The lowest BCUT2D eigenvalue weighted by Gasteiger charge is -2.34. The van der Waals surface area contributed by atoms with Crippen LogP contribution in [0.2, 0.25) is 0 Å². The molecule has 1 amide bonds. The summed E-state index contributed by atoms with van der Waals surface area (Å²) in [6, 6.07) is 7.30. The Kier molecular flexibility index (Phi) is 3.95. The minimum Gasteiger partial charge on any atom is -0.337 e. The fourth-order valence-corrected chi connectivity index (χ4v) is 3.15. The topological polar surface area (TPSA) is 58.1 Å². The SMILES string of the molecule is CCC(F)(F)C(=O)N1CCC(n2c(=O)[nH]c3ccccc32)CC1. The molecule has 5 nitrogen and oxygen atoms in total. The minimum absolute atomic E-state index is 0.0852. The quantitative estimate of drug-likeness (QED) is 0.944. The molecular weight excluding hydrogens is 304 g/mol. The fourth-order valence-electron chi connectivity index (χ4n) is 3.15. The number of halogens is 2. The Morgan fingerprint density at radius 2 is 1.96 bits per heavy atom. The van der Waals surface area contributed by atoms with Gasteiger partial charge in [0, 0.05) is 25.6 Å². The molecule has 1 aliphatic rings. The number of H-pyrrole nitrogens is 1. The number of likely N-dealkylation sites (tertiary alicyclic amines) is 1. The van der Waals surface area contributed by atoms with E-state index in [2.05, 4.69) is 4.98 Å². The number of amides is 1. The second kappa shape index (κ2) is 5.79. The average molecular weight is 323 g/mol. The lowest BCUT2D eigenvalue weighted by Crippen LogP contribution is -2.47. The summed E-state index contributed by atoms with van der Waals surface area (Å²) in [6.07, 6.45) is 0.494. The highest BCUT2D eigenvalue weighted by molar-refractivity contribution is 5.83. The Hall–Kier alpha value is -2.18. The van der Waals surface area contributed by atoms with Gasteiger partial charge in [-0.05, 0) is 25.0 Å². The predicted molar refractivity (Wildman–Crippen MR) is 82.6 cm³/mol. The number of piperidine rings is 1. The molecule has 23 heavy (non-hydrogen) atoms. The van der Waals surface area contributed by atoms with Gasteiger partial charge in [0.05, 0.1) is 11.0 Å². The van der Waals surface area contributed by atoms with Crippen molar-refractivity contribution in [3.8, 4) is 0 Å². The summed E-state index contributed by atoms with van der Waals surface area (Å²) in [4.78, 5) is 28.0. The van der Waals surface area contributed by atoms with Gasteiger partial charge >= 0.3 is 11.6 Å². The largest absolute Gasteiger partial charge is 0.337 e. The van der Waals surface area contributed by atoms with Gasteiger partial charge < -0.3 is 9.88 Å². The third kappa shape index (κ3) is 2.75. The molecule has 2 heterocycles. The summed E-state index contributed by atoms with van der Waals surface area (Å²) in [6.45, 7) is 1.78. The number of carbonyl (C=O) groups is 1. The molecule has 0 saturated carbocycles. The lowest BCUT2D eigenvalue weighted by molar-refractivity contribution is -0.159. The molecule has 1 aliphatic heterocycles. The van der Waals surface area contributed by atoms with E-state index >= 15 is 0 Å². The standard InChI is InChI=1S/C16H19F2N3O2/c1-2-16(17,18)14(22)20-9-7-11(8-10-20)21-13-6-4-3-5-12(13)19-15(21)23/h3-6,11H,2,7-10H2,1H3,(H,19,23). The molecule has 7 heteroatoms. The Morgan fingerprint density at radius 1 is 1.30 bits per heavy atom. The molecule has 0 atom stereocenters. The van der Waals surface area contributed by atoms with E-state index in [4.69, 9.17) is 0 Å². The molecule has 1 saturated heterocycles. The molecule has 0 bridgehead atoms. The summed E-state index contributed by atoms with van der Waals surface area (Å²) in [7, 11) is 0. The second-order valence-corrected chi connectivity index (χ2v) is 5.90. The van der Waals surface area contributed by atoms with Crippen LogP contribution in [0, 0.1) is 0 Å². The van der Waals surface area contributed by atoms with Crippen LogP contribution < -0.4 is 5.69 Å². The number of nitrogens with zero attached hydrogens (tertiary/aromatic N) is 2. The van der Waals surface area contributed by atoms with E-state index in [1.54, 1.807) is 4.57 Å². The van der Waals surface area contributed by atoms with Crippen molar-refractivity contribution in [2.75, 3.05) is 13.1 Å². The third-order valence-electron chi connectivity index (χ3n) is 4.50. The van der Waals surface area contributed by atoms with Gasteiger partial charge in [-0.1, -0.05) is 19.1 Å². The Balaban J connectivity index is 1.78. The van der Waals surface area contributed by atoms with Crippen LogP contribution in [-0.2, 0) is 4.79 Å². The molecule has 0 spiro atoms. The molecular formula is C16H19F2N3O2. The highest BCUT2D eigenvalue weighted by atomic mass is 19.3. The van der Waals surface area contributed by atoms with Gasteiger partial charge in [0.2, 0.25) is 0 Å². The zero-order valence-corrected chi connectivity index (χ0v) is 12.9. The van der Waals surface area contributed by atoms with Gasteiger partial charge in [-0.2, -0.15) is 8.78 Å². The van der Waals surface area contributed by atoms with Crippen molar-refractivity contribution in [3.05, 3.63) is 34.7 Å². The highest BCUT2D eigenvalue weighted by Crippen LogP contribution is 2.28. The van der Waals surface area contributed by atoms with Crippen LogP contribution in [0.5, 0.6) is 0 Å². The third-order valence-corrected chi connectivity index (χ3v) is 4.50. The number of nitrogens with one attached hydrogen (secondary N) is 1. The molecule has 0 aliphatic carbocycles. The number of imidazole rings is 1. The van der Waals surface area contributed by atoms with Gasteiger partial charge in [0.15, 0.2) is 0 Å². The first-order valence-electron chi connectivity index (χ1n) is 7.80. The number of aromatic amines is 1. The molecule has 1 aromatic carbocycles. The molecule has 2 aromatic rings. The van der Waals surface area contributed by atoms with Crippen LogP contribution >= 0.6 is 0 Å². The zero-order chi connectivity index (χ0) is 16.6. The van der Waals surface area contributed by atoms with Crippen molar-refractivity contribution in [2.45, 2.75) is 38.2 Å². The van der Waals surface area contributed by atoms with E-state index in [0.717, 1.165) is 11.0 Å². The molecule has 0 radical (unpaired) electrons. The number of hydrogen-bond donors (Lipinski definition) is 1. The number of alkyl halides is 2. The maximum atomic E-state index is 13.5. The van der Waals surface area contributed by atoms with Crippen LogP contribution in [0.1, 0.15) is 32.2 Å². The van der Waals surface area contributed by atoms with Gasteiger partial charge in [0.25, 0.3) is 5.91 Å². The first-order valence-corrected chi connectivity index (χ1v) is 7.80. The molecule has 1 N–H and O–H groups in total. The average Bonchev–Trinajstić information content (AvgIpc) is 2.90. The summed E-state index contributed by atoms with van der Waals surface area (Å²) in [5.41, 5.74) is 1.37. The number of hydrogen-bond acceptors (Lipinski definition) is 2. The van der Waals surface area contributed by atoms with Gasteiger partial charge in [-0.25, -0.2) is 4.79 Å². The first kappa shape index (κ1) is 15.7. The van der Waals surface area contributed by atoms with E-state index in [-0.39, 0.29) is 24.8 Å². The number of para-hydroxylation sites is 2. The first-order chi connectivity index (χ1) is 10.9. The minimum atomic E-state index is -3.30. The van der Waals surface area contributed by atoms with Crippen molar-refractivity contribution in [3.63, 3.8) is 0 Å². The monoisotopic (exact) mass is 323 g/mol. The highest BCUT2D eigenvalue weighted by Gasteiger charge is 2.41. The zero-order valence-electron chi connectivity index (χ0n) is 12.9. The van der Waals surface area contributed by atoms with Crippen molar-refractivity contribution in [2.24, 2.45) is 0 Å². The lowest BCUT2D eigenvalue weighted by atomic mass is 10.0. The van der Waals surface area contributed by atoms with Crippen molar-refractivity contribution in [1.29, 1.82) is 0 Å². The van der Waals surface area contributed by atoms with E-state index in [0.29, 0.717) is 12.8 Å². The van der Waals surface area contributed by atoms with E-state index in [1.807, 2.05) is 24.3 Å². The van der Waals surface area contributed by atoms with Crippen molar-refractivity contribution >= 4 is 16.9 Å². The normalized spacial score (nSPS) is 16.9. The molecule has 0 unspecified atom stereocenters. The van der Waals surface area contributed by atoms with E-state index in [1.165, 1.54) is 11.8 Å². The fraction of sp³-hybridized carbons (Fsp3) is 0.500. The Bertz CT molecular complexity index is 773. The maximum absolute atomic E-state index is 13.5. The van der Waals surface area contributed by atoms with Gasteiger partial charge in [-0.3, -0.25) is 9.36 Å². The molecule has 1 aromatic heterocycles. The second-order valence-electron chi connectivity index (χ2n) is 5.90. The van der Waals surface area contributed by atoms with Crippen molar-refractivity contribution in [1.82, 2.24) is 14.5 Å². The number of aromatic nitrogens is 2. The smallest absolute Gasteiger partial charge is 0.326 e. The summed E-state index contributed by atoms with van der Waals surface area (Å²) >= 11 is 0. The van der Waals surface area contributed by atoms with Crippen LogP contribution in [0.25, 0.3) is 11.0 Å². The Morgan fingerprint density at radius 3 is 2.61 bits per heavy atom. The van der Waals surface area contributed by atoms with Crippen LogP contribution in [0.4, 0.5) is 8.78 Å². The number of rotatable bonds is 3.